The Hall–Kier alpha value is -0.0800. The minimum absolute atomic E-state index is 0.797. The van der Waals surface area contributed by atoms with Crippen molar-refractivity contribution in [1.29, 1.82) is 0 Å². The monoisotopic (exact) mass is 252 g/mol. The van der Waals surface area contributed by atoms with Crippen molar-refractivity contribution in [2.24, 2.45) is 11.8 Å². The number of nitrogens with one attached hydrogen (secondary N) is 1. The fraction of sp³-hybridized carbons (Fsp3) is 1.00. The summed E-state index contributed by atoms with van der Waals surface area (Å²) in [5, 5.41) is 3.60. The second-order valence-corrected chi connectivity index (χ2v) is 6.84. The molecule has 2 rings (SSSR count). The molecule has 18 heavy (non-hydrogen) atoms. The maximum absolute atomic E-state index is 3.60. The van der Waals surface area contributed by atoms with Gasteiger partial charge in [0.2, 0.25) is 0 Å². The van der Waals surface area contributed by atoms with Gasteiger partial charge in [-0.3, -0.25) is 0 Å². The number of piperidine rings is 1. The molecule has 0 aromatic rings. The normalized spacial score (nSPS) is 33.8. The maximum atomic E-state index is 3.60. The topological polar surface area (TPSA) is 15.3 Å². The molecule has 1 saturated carbocycles. The van der Waals surface area contributed by atoms with Gasteiger partial charge in [-0.25, -0.2) is 0 Å². The third-order valence-corrected chi connectivity index (χ3v) is 4.85. The van der Waals surface area contributed by atoms with Crippen molar-refractivity contribution in [2.45, 2.75) is 71.4 Å². The van der Waals surface area contributed by atoms with Gasteiger partial charge >= 0.3 is 0 Å². The minimum atomic E-state index is 0.797. The molecule has 1 saturated heterocycles. The minimum Gasteiger partial charge on any atom is -0.314 e. The zero-order valence-corrected chi connectivity index (χ0v) is 12.6. The molecule has 106 valence electrons. The van der Waals surface area contributed by atoms with Gasteiger partial charge in [0.1, 0.15) is 0 Å². The molecule has 0 bridgehead atoms. The second-order valence-electron chi connectivity index (χ2n) is 6.84. The molecule has 1 aliphatic heterocycles. The lowest BCUT2D eigenvalue weighted by Gasteiger charge is -2.41. The Labute approximate surface area is 114 Å². The molecule has 3 unspecified atom stereocenters. The van der Waals surface area contributed by atoms with Crippen LogP contribution in [0.25, 0.3) is 0 Å². The van der Waals surface area contributed by atoms with Gasteiger partial charge in [0.25, 0.3) is 0 Å². The molecule has 0 aromatic heterocycles. The molecule has 1 aliphatic carbocycles. The van der Waals surface area contributed by atoms with E-state index < -0.39 is 0 Å². The van der Waals surface area contributed by atoms with E-state index in [2.05, 4.69) is 31.0 Å². The van der Waals surface area contributed by atoms with Crippen molar-refractivity contribution >= 4 is 0 Å². The van der Waals surface area contributed by atoms with E-state index >= 15 is 0 Å². The summed E-state index contributed by atoms with van der Waals surface area (Å²) in [6.07, 6.45) is 8.40. The van der Waals surface area contributed by atoms with Crippen LogP contribution in [0.15, 0.2) is 0 Å². The van der Waals surface area contributed by atoms with E-state index in [-0.39, 0.29) is 0 Å². The second kappa shape index (κ2) is 6.91. The molecule has 2 aliphatic rings. The Morgan fingerprint density at radius 3 is 2.56 bits per heavy atom. The number of hydrogen-bond donors (Lipinski definition) is 1. The van der Waals surface area contributed by atoms with E-state index in [0.717, 1.165) is 23.9 Å². The molecule has 0 spiro atoms. The molecule has 2 heteroatoms. The summed E-state index contributed by atoms with van der Waals surface area (Å²) < 4.78 is 0. The Kier molecular flexibility index (Phi) is 5.50. The molecule has 0 aromatic carbocycles. The molecule has 0 amide bonds. The summed E-state index contributed by atoms with van der Waals surface area (Å²) in [7, 11) is 0. The van der Waals surface area contributed by atoms with Crippen LogP contribution in [0, 0.1) is 11.8 Å². The predicted octanol–water partition coefficient (Wildman–Crippen LogP) is 3.28. The first-order chi connectivity index (χ1) is 8.66. The van der Waals surface area contributed by atoms with Crippen molar-refractivity contribution in [1.82, 2.24) is 10.2 Å². The van der Waals surface area contributed by atoms with Gasteiger partial charge in [0.05, 0.1) is 0 Å². The summed E-state index contributed by atoms with van der Waals surface area (Å²) in [6, 6.07) is 1.68. The molecular formula is C16H32N2. The Bertz CT molecular complexity index is 237. The van der Waals surface area contributed by atoms with Gasteiger partial charge in [0, 0.05) is 18.6 Å². The van der Waals surface area contributed by atoms with Crippen molar-refractivity contribution in [2.75, 3.05) is 19.6 Å². The zero-order valence-electron chi connectivity index (χ0n) is 12.6. The summed E-state index contributed by atoms with van der Waals surface area (Å²) in [5.41, 5.74) is 0. The molecule has 2 fully saturated rings. The summed E-state index contributed by atoms with van der Waals surface area (Å²) in [5.74, 6) is 1.78. The van der Waals surface area contributed by atoms with E-state index in [4.69, 9.17) is 0 Å². The zero-order chi connectivity index (χ0) is 13.0. The molecule has 2 nitrogen and oxygen atoms in total. The third-order valence-electron chi connectivity index (χ3n) is 4.85. The Morgan fingerprint density at radius 1 is 1.06 bits per heavy atom. The average Bonchev–Trinajstić information content (AvgIpc) is 3.13. The first kappa shape index (κ1) is 14.3. The largest absolute Gasteiger partial charge is 0.314 e. The highest BCUT2D eigenvalue weighted by Crippen LogP contribution is 2.27. The third kappa shape index (κ3) is 4.55. The summed E-state index contributed by atoms with van der Waals surface area (Å²) in [6.45, 7) is 11.1. The van der Waals surface area contributed by atoms with Crippen LogP contribution >= 0.6 is 0 Å². The highest BCUT2D eigenvalue weighted by atomic mass is 15.2. The number of rotatable bonds is 7. The highest BCUT2D eigenvalue weighted by Gasteiger charge is 2.27. The van der Waals surface area contributed by atoms with Crippen LogP contribution in [0.1, 0.15) is 59.3 Å². The van der Waals surface area contributed by atoms with Gasteiger partial charge in [0.15, 0.2) is 0 Å². The molecule has 3 atom stereocenters. The van der Waals surface area contributed by atoms with E-state index in [1.165, 1.54) is 58.2 Å². The lowest BCUT2D eigenvalue weighted by atomic mass is 9.86. The number of hydrogen-bond acceptors (Lipinski definition) is 2. The number of nitrogens with zero attached hydrogens (tertiary/aromatic N) is 1. The quantitative estimate of drug-likeness (QED) is 0.700. The lowest BCUT2D eigenvalue weighted by Crippen LogP contribution is -2.46. The van der Waals surface area contributed by atoms with Gasteiger partial charge in [-0.2, -0.15) is 0 Å². The smallest absolute Gasteiger partial charge is 0.00927 e. The summed E-state index contributed by atoms with van der Waals surface area (Å²) >= 11 is 0. The fourth-order valence-electron chi connectivity index (χ4n) is 3.34. The van der Waals surface area contributed by atoms with E-state index in [1.807, 2.05) is 0 Å². The van der Waals surface area contributed by atoms with Crippen molar-refractivity contribution in [3.63, 3.8) is 0 Å². The molecule has 1 heterocycles. The highest BCUT2D eigenvalue weighted by molar-refractivity contribution is 4.82. The molecule has 1 N–H and O–H groups in total. The predicted molar refractivity (Wildman–Crippen MR) is 78.9 cm³/mol. The van der Waals surface area contributed by atoms with E-state index in [9.17, 15) is 0 Å². The molecular weight excluding hydrogens is 220 g/mol. The van der Waals surface area contributed by atoms with Crippen LogP contribution in [0.2, 0.25) is 0 Å². The van der Waals surface area contributed by atoms with Crippen LogP contribution in [0.5, 0.6) is 0 Å². The van der Waals surface area contributed by atoms with Crippen LogP contribution < -0.4 is 5.32 Å². The standard InChI is InChI=1S/C16H32N2/c1-13-11-14(2)15(3)18(12-13)10-6-4-5-9-17-16-7-8-16/h13-17H,4-12H2,1-3H3. The SMILES string of the molecule is CC1CC(C)C(C)N(CCCCCNC2CC2)C1. The van der Waals surface area contributed by atoms with Gasteiger partial charge in [-0.1, -0.05) is 20.3 Å². The van der Waals surface area contributed by atoms with Crippen molar-refractivity contribution in [3.8, 4) is 0 Å². The molecule has 0 radical (unpaired) electrons. The summed E-state index contributed by atoms with van der Waals surface area (Å²) in [4.78, 5) is 2.73. The number of unbranched alkanes of at least 4 members (excludes halogenated alkanes) is 2. The van der Waals surface area contributed by atoms with Gasteiger partial charge in [-0.05, 0) is 64.0 Å². The fourth-order valence-corrected chi connectivity index (χ4v) is 3.34. The van der Waals surface area contributed by atoms with Gasteiger partial charge in [-0.15, -0.1) is 0 Å². The van der Waals surface area contributed by atoms with Crippen molar-refractivity contribution < 1.29 is 0 Å². The van der Waals surface area contributed by atoms with Crippen molar-refractivity contribution in [3.05, 3.63) is 0 Å². The van der Waals surface area contributed by atoms with Crippen LogP contribution in [0.4, 0.5) is 0 Å². The Balaban J connectivity index is 1.53. The van der Waals surface area contributed by atoms with E-state index in [0.29, 0.717) is 0 Å². The van der Waals surface area contributed by atoms with Crippen LogP contribution in [0.3, 0.4) is 0 Å². The van der Waals surface area contributed by atoms with E-state index in [1.54, 1.807) is 0 Å². The van der Waals surface area contributed by atoms with Crippen LogP contribution in [-0.4, -0.2) is 36.6 Å². The number of likely N-dealkylation sites (tertiary alicyclic amines) is 1. The van der Waals surface area contributed by atoms with Gasteiger partial charge < -0.3 is 10.2 Å². The Morgan fingerprint density at radius 2 is 1.83 bits per heavy atom. The first-order valence-corrected chi connectivity index (χ1v) is 8.14. The average molecular weight is 252 g/mol. The lowest BCUT2D eigenvalue weighted by molar-refractivity contribution is 0.0781. The first-order valence-electron chi connectivity index (χ1n) is 8.14. The maximum Gasteiger partial charge on any atom is 0.00927 e. The van der Waals surface area contributed by atoms with Crippen LogP contribution in [-0.2, 0) is 0 Å².